The van der Waals surface area contributed by atoms with Crippen LogP contribution in [-0.2, 0) is 10.0 Å². The number of nitrogens with one attached hydrogen (secondary N) is 1. The van der Waals surface area contributed by atoms with Crippen LogP contribution < -0.4 is 10.5 Å². The predicted molar refractivity (Wildman–Crippen MR) is 78.8 cm³/mol. The summed E-state index contributed by atoms with van der Waals surface area (Å²) in [5, 5.41) is 0.0659. The van der Waals surface area contributed by atoms with Crippen molar-refractivity contribution in [2.45, 2.75) is 24.3 Å². The molecule has 0 saturated carbocycles. The van der Waals surface area contributed by atoms with E-state index in [4.69, 9.17) is 17.3 Å². The lowest BCUT2D eigenvalue weighted by Gasteiger charge is -2.32. The number of hydrogen-bond acceptors (Lipinski definition) is 4. The fraction of sp³-hybridized carbons (Fsp3) is 0.500. The van der Waals surface area contributed by atoms with E-state index in [-0.39, 0.29) is 17.3 Å². The highest BCUT2D eigenvalue weighted by Gasteiger charge is 2.26. The fourth-order valence-electron chi connectivity index (χ4n) is 1.29. The SMILES string of the molecule is CN(C)C(C)(C)CNS(=O)(=O)c1cc(Cl)cc(N)c1F. The summed E-state index contributed by atoms with van der Waals surface area (Å²) in [6.45, 7) is 3.84. The van der Waals surface area contributed by atoms with E-state index in [9.17, 15) is 12.8 Å². The van der Waals surface area contributed by atoms with Crippen molar-refractivity contribution in [2.24, 2.45) is 0 Å². The van der Waals surface area contributed by atoms with Crippen molar-refractivity contribution in [3.63, 3.8) is 0 Å². The molecule has 0 aliphatic heterocycles. The van der Waals surface area contributed by atoms with Crippen LogP contribution in [0.1, 0.15) is 13.8 Å². The summed E-state index contributed by atoms with van der Waals surface area (Å²) in [5.41, 5.74) is 4.66. The van der Waals surface area contributed by atoms with E-state index in [1.807, 2.05) is 32.8 Å². The van der Waals surface area contributed by atoms with Crippen LogP contribution in [0.4, 0.5) is 10.1 Å². The molecule has 0 amide bonds. The van der Waals surface area contributed by atoms with Gasteiger partial charge in [-0.2, -0.15) is 0 Å². The Morgan fingerprint density at radius 3 is 2.45 bits per heavy atom. The minimum absolute atomic E-state index is 0.0659. The van der Waals surface area contributed by atoms with Gasteiger partial charge in [-0.15, -0.1) is 0 Å². The topological polar surface area (TPSA) is 75.4 Å². The number of benzene rings is 1. The van der Waals surface area contributed by atoms with Gasteiger partial charge in [0.25, 0.3) is 0 Å². The van der Waals surface area contributed by atoms with E-state index in [0.717, 1.165) is 6.07 Å². The highest BCUT2D eigenvalue weighted by atomic mass is 35.5. The first kappa shape index (κ1) is 17.2. The number of likely N-dealkylation sites (N-methyl/N-ethyl adjacent to an activating group) is 1. The Hall–Kier alpha value is -0.890. The Balaban J connectivity index is 3.07. The summed E-state index contributed by atoms with van der Waals surface area (Å²) in [6.07, 6.45) is 0. The molecule has 20 heavy (non-hydrogen) atoms. The van der Waals surface area contributed by atoms with Gasteiger partial charge in [-0.3, -0.25) is 0 Å². The summed E-state index contributed by atoms with van der Waals surface area (Å²) in [7, 11) is -0.367. The van der Waals surface area contributed by atoms with Gasteiger partial charge in [0.15, 0.2) is 5.82 Å². The third-order valence-electron chi connectivity index (χ3n) is 3.23. The van der Waals surface area contributed by atoms with Crippen molar-refractivity contribution < 1.29 is 12.8 Å². The molecule has 8 heteroatoms. The maximum atomic E-state index is 13.8. The number of halogens is 2. The van der Waals surface area contributed by atoms with Crippen LogP contribution in [0, 0.1) is 5.82 Å². The lowest BCUT2D eigenvalue weighted by atomic mass is 10.1. The van der Waals surface area contributed by atoms with Gasteiger partial charge in [0.05, 0.1) is 5.69 Å². The first-order valence-corrected chi connectivity index (χ1v) is 7.75. The van der Waals surface area contributed by atoms with Gasteiger partial charge in [0.1, 0.15) is 4.90 Å². The van der Waals surface area contributed by atoms with Gasteiger partial charge >= 0.3 is 0 Å². The number of nitrogens with two attached hydrogens (primary N) is 1. The molecule has 0 fully saturated rings. The highest BCUT2D eigenvalue weighted by Crippen LogP contribution is 2.25. The fourth-order valence-corrected chi connectivity index (χ4v) is 2.91. The summed E-state index contributed by atoms with van der Waals surface area (Å²) in [6, 6.07) is 2.21. The van der Waals surface area contributed by atoms with Crippen molar-refractivity contribution in [2.75, 3.05) is 26.4 Å². The molecule has 3 N–H and O–H groups in total. The Morgan fingerprint density at radius 1 is 1.40 bits per heavy atom. The smallest absolute Gasteiger partial charge is 0.243 e. The zero-order chi connectivity index (χ0) is 15.7. The number of rotatable bonds is 5. The van der Waals surface area contributed by atoms with E-state index >= 15 is 0 Å². The Kier molecular flexibility index (Phi) is 5.02. The molecule has 0 aliphatic carbocycles. The Labute approximate surface area is 124 Å². The molecule has 114 valence electrons. The van der Waals surface area contributed by atoms with Crippen molar-refractivity contribution in [1.82, 2.24) is 9.62 Å². The highest BCUT2D eigenvalue weighted by molar-refractivity contribution is 7.89. The number of sulfonamides is 1. The van der Waals surface area contributed by atoms with Crippen molar-refractivity contribution in [3.05, 3.63) is 23.0 Å². The molecule has 1 aromatic rings. The second-order valence-corrected chi connectivity index (χ2v) is 7.51. The number of hydrogen-bond donors (Lipinski definition) is 2. The maximum absolute atomic E-state index is 13.8. The lowest BCUT2D eigenvalue weighted by Crippen LogP contribution is -2.48. The first-order valence-electron chi connectivity index (χ1n) is 5.89. The van der Waals surface area contributed by atoms with Gasteiger partial charge in [-0.1, -0.05) is 11.6 Å². The molecule has 0 bridgehead atoms. The van der Waals surface area contributed by atoms with Crippen molar-refractivity contribution in [3.8, 4) is 0 Å². The van der Waals surface area contributed by atoms with Gasteiger partial charge in [0.2, 0.25) is 10.0 Å². The minimum Gasteiger partial charge on any atom is -0.396 e. The van der Waals surface area contributed by atoms with Crippen molar-refractivity contribution in [1.29, 1.82) is 0 Å². The first-order chi connectivity index (χ1) is 8.97. The monoisotopic (exact) mass is 323 g/mol. The molecule has 0 unspecified atom stereocenters. The van der Waals surface area contributed by atoms with Crippen LogP contribution >= 0.6 is 11.6 Å². The molecule has 1 rings (SSSR count). The van der Waals surface area contributed by atoms with Crippen LogP contribution in [0.2, 0.25) is 5.02 Å². The molecule has 0 aliphatic rings. The molecular formula is C12H19ClFN3O2S. The summed E-state index contributed by atoms with van der Waals surface area (Å²) >= 11 is 5.72. The summed E-state index contributed by atoms with van der Waals surface area (Å²) in [5.74, 6) is -0.996. The second kappa shape index (κ2) is 5.85. The maximum Gasteiger partial charge on any atom is 0.243 e. The van der Waals surface area contributed by atoms with Crippen LogP contribution in [-0.4, -0.2) is 39.5 Å². The van der Waals surface area contributed by atoms with Crippen LogP contribution in [0.5, 0.6) is 0 Å². The standard InChI is InChI=1S/C12H19ClFN3O2S/c1-12(2,17(3)4)7-16-20(18,19)10-6-8(13)5-9(15)11(10)14/h5-6,16H,7,15H2,1-4H3. The van der Waals surface area contributed by atoms with Crippen LogP contribution in [0.15, 0.2) is 17.0 Å². The van der Waals surface area contributed by atoms with E-state index in [1.165, 1.54) is 6.07 Å². The zero-order valence-corrected chi connectivity index (χ0v) is 13.4. The van der Waals surface area contributed by atoms with Gasteiger partial charge in [-0.25, -0.2) is 17.5 Å². The quantitative estimate of drug-likeness (QED) is 0.808. The number of anilines is 1. The van der Waals surface area contributed by atoms with Gasteiger partial charge in [0, 0.05) is 17.1 Å². The third-order valence-corrected chi connectivity index (χ3v) is 4.85. The molecule has 1 aromatic carbocycles. The van der Waals surface area contributed by atoms with Gasteiger partial charge < -0.3 is 10.6 Å². The largest absolute Gasteiger partial charge is 0.396 e. The van der Waals surface area contributed by atoms with Crippen LogP contribution in [0.25, 0.3) is 0 Å². The lowest BCUT2D eigenvalue weighted by molar-refractivity contribution is 0.199. The van der Waals surface area contributed by atoms with E-state index in [2.05, 4.69) is 4.72 Å². The third kappa shape index (κ3) is 3.82. The van der Waals surface area contributed by atoms with Crippen molar-refractivity contribution >= 4 is 27.3 Å². The molecule has 5 nitrogen and oxygen atoms in total. The zero-order valence-electron chi connectivity index (χ0n) is 11.9. The molecule has 0 saturated heterocycles. The summed E-state index contributed by atoms with van der Waals surface area (Å²) in [4.78, 5) is 1.31. The molecule has 0 aromatic heterocycles. The van der Waals surface area contributed by atoms with Gasteiger partial charge in [-0.05, 0) is 40.1 Å². The van der Waals surface area contributed by atoms with E-state index < -0.39 is 26.3 Å². The van der Waals surface area contributed by atoms with E-state index in [0.29, 0.717) is 0 Å². The molecule has 0 heterocycles. The van der Waals surface area contributed by atoms with E-state index in [1.54, 1.807) is 0 Å². The van der Waals surface area contributed by atoms with Crippen LogP contribution in [0.3, 0.4) is 0 Å². The Morgan fingerprint density at radius 2 is 1.95 bits per heavy atom. The molecule has 0 radical (unpaired) electrons. The molecule has 0 spiro atoms. The Bertz CT molecular complexity index is 603. The minimum atomic E-state index is -4.02. The normalized spacial score (nSPS) is 12.9. The number of nitrogen functional groups attached to an aromatic ring is 1. The average Bonchev–Trinajstić information content (AvgIpc) is 2.31. The average molecular weight is 324 g/mol. The predicted octanol–water partition coefficient (Wildman–Crippen LogP) is 1.68. The number of nitrogens with zero attached hydrogens (tertiary/aromatic N) is 1. The second-order valence-electron chi connectivity index (χ2n) is 5.34. The molecular weight excluding hydrogens is 305 g/mol. The molecule has 0 atom stereocenters. The summed E-state index contributed by atoms with van der Waals surface area (Å²) < 4.78 is 40.5.